The second-order valence-corrected chi connectivity index (χ2v) is 6.85. The molecule has 4 heteroatoms. The summed E-state index contributed by atoms with van der Waals surface area (Å²) in [4.78, 5) is 27.9. The zero-order chi connectivity index (χ0) is 16.7. The van der Waals surface area contributed by atoms with E-state index in [0.29, 0.717) is 32.1 Å². The maximum atomic E-state index is 12.8. The van der Waals surface area contributed by atoms with E-state index < -0.39 is 0 Å². The van der Waals surface area contributed by atoms with Crippen molar-refractivity contribution in [2.24, 2.45) is 5.92 Å². The number of piperazine rings is 1. The molecular formula is C20H22N2O2. The van der Waals surface area contributed by atoms with Crippen molar-refractivity contribution in [3.63, 3.8) is 0 Å². The molecular weight excluding hydrogens is 300 g/mol. The zero-order valence-electron chi connectivity index (χ0n) is 13.9. The number of hydrogen-bond donors (Lipinski definition) is 0. The molecule has 1 saturated heterocycles. The number of hydrogen-bond acceptors (Lipinski definition) is 2. The van der Waals surface area contributed by atoms with Gasteiger partial charge in [0.2, 0.25) is 11.8 Å². The first kappa shape index (κ1) is 15.2. The van der Waals surface area contributed by atoms with Crippen molar-refractivity contribution in [1.82, 2.24) is 9.80 Å². The highest BCUT2D eigenvalue weighted by molar-refractivity contribution is 5.89. The average Bonchev–Trinajstić information content (AvgIpc) is 3.41. The van der Waals surface area contributed by atoms with Crippen molar-refractivity contribution in [3.8, 4) is 0 Å². The molecule has 1 aliphatic heterocycles. The van der Waals surface area contributed by atoms with Gasteiger partial charge >= 0.3 is 0 Å². The number of nitrogens with zero attached hydrogens (tertiary/aromatic N) is 2. The summed E-state index contributed by atoms with van der Waals surface area (Å²) in [7, 11) is 0. The van der Waals surface area contributed by atoms with E-state index in [1.807, 2.05) is 9.80 Å². The standard InChI is InChI=1S/C20H22N2O2/c1-14(23)21-9-11-22(12-10-21)20(24)19-13-18(19)17-8-4-6-15-5-2-3-7-16(15)17/h2-8,18-19H,9-13H2,1H3. The molecule has 2 atom stereocenters. The first-order valence-electron chi connectivity index (χ1n) is 8.67. The SMILES string of the molecule is CC(=O)N1CCN(C(=O)C2CC2c2cccc3ccccc23)CC1. The Balaban J connectivity index is 1.46. The fourth-order valence-corrected chi connectivity index (χ4v) is 3.86. The molecule has 2 amide bonds. The third-order valence-electron chi connectivity index (χ3n) is 5.37. The summed E-state index contributed by atoms with van der Waals surface area (Å²) in [5, 5.41) is 2.50. The maximum Gasteiger partial charge on any atom is 0.226 e. The van der Waals surface area contributed by atoms with Crippen LogP contribution in [0.5, 0.6) is 0 Å². The average molecular weight is 322 g/mol. The molecule has 4 nitrogen and oxygen atoms in total. The molecule has 24 heavy (non-hydrogen) atoms. The molecule has 0 bridgehead atoms. The van der Waals surface area contributed by atoms with E-state index in [0.717, 1.165) is 6.42 Å². The molecule has 1 heterocycles. The van der Waals surface area contributed by atoms with Crippen LogP contribution in [-0.4, -0.2) is 47.8 Å². The van der Waals surface area contributed by atoms with Crippen molar-refractivity contribution in [1.29, 1.82) is 0 Å². The molecule has 1 saturated carbocycles. The van der Waals surface area contributed by atoms with Crippen LogP contribution >= 0.6 is 0 Å². The minimum Gasteiger partial charge on any atom is -0.339 e. The maximum absolute atomic E-state index is 12.8. The van der Waals surface area contributed by atoms with Crippen LogP contribution in [0.3, 0.4) is 0 Å². The fourth-order valence-electron chi connectivity index (χ4n) is 3.86. The topological polar surface area (TPSA) is 40.6 Å². The van der Waals surface area contributed by atoms with Gasteiger partial charge in [0.15, 0.2) is 0 Å². The van der Waals surface area contributed by atoms with E-state index >= 15 is 0 Å². The minimum atomic E-state index is 0.0992. The van der Waals surface area contributed by atoms with Gasteiger partial charge in [0, 0.05) is 39.0 Å². The molecule has 124 valence electrons. The Kier molecular flexibility index (Phi) is 3.75. The summed E-state index contributed by atoms with van der Waals surface area (Å²) in [6.07, 6.45) is 0.944. The summed E-state index contributed by atoms with van der Waals surface area (Å²) in [5.41, 5.74) is 1.30. The second kappa shape index (κ2) is 5.93. The Morgan fingerprint density at radius 2 is 1.58 bits per heavy atom. The van der Waals surface area contributed by atoms with Crippen molar-refractivity contribution in [2.45, 2.75) is 19.3 Å². The predicted octanol–water partition coefficient (Wildman–Crippen LogP) is 2.63. The van der Waals surface area contributed by atoms with Gasteiger partial charge in [0.05, 0.1) is 0 Å². The second-order valence-electron chi connectivity index (χ2n) is 6.85. The van der Waals surface area contributed by atoms with E-state index in [4.69, 9.17) is 0 Å². The molecule has 0 aromatic heterocycles. The van der Waals surface area contributed by atoms with Gasteiger partial charge in [-0.25, -0.2) is 0 Å². The van der Waals surface area contributed by atoms with Crippen LogP contribution in [0.1, 0.15) is 24.8 Å². The summed E-state index contributed by atoms with van der Waals surface area (Å²) in [6, 6.07) is 14.8. The molecule has 0 N–H and O–H groups in total. The van der Waals surface area contributed by atoms with E-state index in [2.05, 4.69) is 42.5 Å². The largest absolute Gasteiger partial charge is 0.339 e. The van der Waals surface area contributed by atoms with Gasteiger partial charge in [-0.15, -0.1) is 0 Å². The third-order valence-corrected chi connectivity index (χ3v) is 5.37. The highest BCUT2D eigenvalue weighted by Crippen LogP contribution is 2.50. The highest BCUT2D eigenvalue weighted by Gasteiger charge is 2.46. The van der Waals surface area contributed by atoms with Crippen LogP contribution < -0.4 is 0 Å². The molecule has 1 aliphatic carbocycles. The van der Waals surface area contributed by atoms with Crippen LogP contribution in [0.2, 0.25) is 0 Å². The Hall–Kier alpha value is -2.36. The molecule has 4 rings (SSSR count). The lowest BCUT2D eigenvalue weighted by Gasteiger charge is -2.34. The lowest BCUT2D eigenvalue weighted by Crippen LogP contribution is -2.50. The van der Waals surface area contributed by atoms with Crippen LogP contribution in [0.25, 0.3) is 10.8 Å². The van der Waals surface area contributed by atoms with Crippen LogP contribution in [0.15, 0.2) is 42.5 Å². The number of benzene rings is 2. The van der Waals surface area contributed by atoms with E-state index in [-0.39, 0.29) is 17.7 Å². The molecule has 2 aliphatic rings. The molecule has 0 spiro atoms. The summed E-state index contributed by atoms with van der Waals surface area (Å²) < 4.78 is 0. The molecule has 2 fully saturated rings. The number of fused-ring (bicyclic) bond motifs is 1. The number of amides is 2. The van der Waals surface area contributed by atoms with Crippen molar-refractivity contribution in [3.05, 3.63) is 48.0 Å². The fraction of sp³-hybridized carbons (Fsp3) is 0.400. The highest BCUT2D eigenvalue weighted by atomic mass is 16.2. The molecule has 0 radical (unpaired) electrons. The van der Waals surface area contributed by atoms with Crippen molar-refractivity contribution in [2.75, 3.05) is 26.2 Å². The van der Waals surface area contributed by atoms with Crippen LogP contribution in [-0.2, 0) is 9.59 Å². The Morgan fingerprint density at radius 3 is 2.33 bits per heavy atom. The summed E-state index contributed by atoms with van der Waals surface area (Å²) in [6.45, 7) is 4.24. The van der Waals surface area contributed by atoms with Gasteiger partial charge in [-0.1, -0.05) is 42.5 Å². The quantitative estimate of drug-likeness (QED) is 0.853. The first-order valence-corrected chi connectivity index (χ1v) is 8.67. The summed E-state index contributed by atoms with van der Waals surface area (Å²) >= 11 is 0. The van der Waals surface area contributed by atoms with Crippen molar-refractivity contribution < 1.29 is 9.59 Å². The number of carbonyl (C=O) groups is 2. The van der Waals surface area contributed by atoms with E-state index in [1.54, 1.807) is 6.92 Å². The number of rotatable bonds is 2. The smallest absolute Gasteiger partial charge is 0.226 e. The Labute approximate surface area is 142 Å². The van der Waals surface area contributed by atoms with Gasteiger partial charge in [-0.05, 0) is 28.7 Å². The first-order chi connectivity index (χ1) is 11.6. The van der Waals surface area contributed by atoms with Crippen LogP contribution in [0.4, 0.5) is 0 Å². The third kappa shape index (κ3) is 2.66. The normalized spacial score (nSPS) is 23.4. The monoisotopic (exact) mass is 322 g/mol. The minimum absolute atomic E-state index is 0.0992. The van der Waals surface area contributed by atoms with Gasteiger partial charge in [-0.2, -0.15) is 0 Å². The molecule has 2 aromatic rings. The molecule has 2 aromatic carbocycles. The van der Waals surface area contributed by atoms with Gasteiger partial charge < -0.3 is 9.80 Å². The Bertz CT molecular complexity index is 788. The molecule has 2 unspecified atom stereocenters. The van der Waals surface area contributed by atoms with Crippen molar-refractivity contribution >= 4 is 22.6 Å². The Morgan fingerprint density at radius 1 is 0.917 bits per heavy atom. The summed E-state index contributed by atoms with van der Waals surface area (Å²) in [5.74, 6) is 0.812. The lowest BCUT2D eigenvalue weighted by atomic mass is 10.00. The van der Waals surface area contributed by atoms with Gasteiger partial charge in [0.25, 0.3) is 0 Å². The lowest BCUT2D eigenvalue weighted by molar-refractivity contribution is -0.139. The number of carbonyl (C=O) groups excluding carboxylic acids is 2. The van der Waals surface area contributed by atoms with Gasteiger partial charge in [-0.3, -0.25) is 9.59 Å². The zero-order valence-corrected chi connectivity index (χ0v) is 13.9. The van der Waals surface area contributed by atoms with Crippen LogP contribution in [0, 0.1) is 5.92 Å². The van der Waals surface area contributed by atoms with E-state index in [9.17, 15) is 9.59 Å². The van der Waals surface area contributed by atoms with Gasteiger partial charge in [0.1, 0.15) is 0 Å². The predicted molar refractivity (Wildman–Crippen MR) is 93.6 cm³/mol. The van der Waals surface area contributed by atoms with E-state index in [1.165, 1.54) is 16.3 Å².